The van der Waals surface area contributed by atoms with Gasteiger partial charge in [-0.2, -0.15) is 0 Å². The summed E-state index contributed by atoms with van der Waals surface area (Å²) in [6.45, 7) is 2.80. The molecule has 6 nitrogen and oxygen atoms in total. The van der Waals surface area contributed by atoms with E-state index in [2.05, 4.69) is 6.92 Å². The Morgan fingerprint density at radius 2 is 2.06 bits per heavy atom. The predicted molar refractivity (Wildman–Crippen MR) is 66.3 cm³/mol. The largest absolute Gasteiger partial charge is 0.480 e. The van der Waals surface area contributed by atoms with Gasteiger partial charge in [-0.05, 0) is 6.42 Å². The zero-order valence-corrected chi connectivity index (χ0v) is 11.0. The van der Waals surface area contributed by atoms with E-state index in [1.54, 1.807) is 7.05 Å². The molecule has 1 heterocycles. The number of urea groups is 1. The molecular weight excluding hydrogens is 236 g/mol. The summed E-state index contributed by atoms with van der Waals surface area (Å²) in [5, 5.41) is 18.5. The minimum absolute atomic E-state index is 0.105. The fraction of sp³-hybridized carbons (Fsp3) is 0.833. The molecule has 2 unspecified atom stereocenters. The van der Waals surface area contributed by atoms with E-state index < -0.39 is 18.1 Å². The van der Waals surface area contributed by atoms with Crippen LogP contribution in [-0.4, -0.2) is 64.3 Å². The summed E-state index contributed by atoms with van der Waals surface area (Å²) in [6, 6.07) is -1.21. The first-order valence-electron chi connectivity index (χ1n) is 6.40. The van der Waals surface area contributed by atoms with Crippen LogP contribution in [0.15, 0.2) is 0 Å². The zero-order chi connectivity index (χ0) is 13.7. The van der Waals surface area contributed by atoms with Gasteiger partial charge in [0.25, 0.3) is 0 Å². The average molecular weight is 258 g/mol. The third-order valence-corrected chi connectivity index (χ3v) is 3.23. The number of β-amino-alcohol motifs (C(OH)–C–C–N with tert-alkyl or cyclic N) is 1. The number of hydrogen-bond acceptors (Lipinski definition) is 3. The Balaban J connectivity index is 2.56. The topological polar surface area (TPSA) is 81.1 Å². The molecule has 0 aromatic carbocycles. The number of hydrogen-bond donors (Lipinski definition) is 2. The SMILES string of the molecule is CCCCCN(C)C(=O)N1CC(O)CC1C(=O)O. The van der Waals surface area contributed by atoms with E-state index in [1.165, 1.54) is 9.80 Å². The molecule has 0 aromatic rings. The van der Waals surface area contributed by atoms with Crippen molar-refractivity contribution in [3.63, 3.8) is 0 Å². The maximum absolute atomic E-state index is 12.1. The maximum atomic E-state index is 12.1. The second kappa shape index (κ2) is 6.58. The minimum atomic E-state index is -1.05. The van der Waals surface area contributed by atoms with E-state index in [9.17, 15) is 14.7 Å². The Hall–Kier alpha value is -1.30. The molecule has 0 spiro atoms. The van der Waals surface area contributed by atoms with Crippen molar-refractivity contribution in [1.29, 1.82) is 0 Å². The Bertz CT molecular complexity index is 308. The number of aliphatic hydroxyl groups is 1. The van der Waals surface area contributed by atoms with Crippen molar-refractivity contribution in [2.45, 2.75) is 44.8 Å². The van der Waals surface area contributed by atoms with Gasteiger partial charge in [0.15, 0.2) is 0 Å². The number of amides is 2. The van der Waals surface area contributed by atoms with Crippen LogP contribution in [0.2, 0.25) is 0 Å². The molecule has 1 rings (SSSR count). The van der Waals surface area contributed by atoms with Gasteiger partial charge in [0.05, 0.1) is 6.10 Å². The number of aliphatic hydroxyl groups excluding tert-OH is 1. The van der Waals surface area contributed by atoms with Gasteiger partial charge in [0.2, 0.25) is 0 Å². The van der Waals surface area contributed by atoms with Crippen molar-refractivity contribution in [2.24, 2.45) is 0 Å². The Kier molecular flexibility index (Phi) is 5.40. The molecule has 1 aliphatic rings. The molecule has 0 aliphatic carbocycles. The Labute approximate surface area is 107 Å². The van der Waals surface area contributed by atoms with Crippen LogP contribution in [0.3, 0.4) is 0 Å². The summed E-state index contributed by atoms with van der Waals surface area (Å²) in [7, 11) is 1.67. The number of carbonyl (C=O) groups is 2. The van der Waals surface area contributed by atoms with Gasteiger partial charge in [-0.25, -0.2) is 9.59 Å². The molecule has 2 atom stereocenters. The van der Waals surface area contributed by atoms with Gasteiger partial charge < -0.3 is 20.0 Å². The van der Waals surface area contributed by atoms with Gasteiger partial charge in [-0.3, -0.25) is 0 Å². The van der Waals surface area contributed by atoms with Crippen LogP contribution in [0, 0.1) is 0 Å². The third-order valence-electron chi connectivity index (χ3n) is 3.23. The zero-order valence-electron chi connectivity index (χ0n) is 11.0. The standard InChI is InChI=1S/C12H22N2O4/c1-3-4-5-6-13(2)12(18)14-8-9(15)7-10(14)11(16)17/h9-10,15H,3-8H2,1-2H3,(H,16,17). The first-order chi connectivity index (χ1) is 8.47. The smallest absolute Gasteiger partial charge is 0.326 e. The van der Waals surface area contributed by atoms with Crippen molar-refractivity contribution in [3.05, 3.63) is 0 Å². The molecule has 0 radical (unpaired) electrons. The molecule has 18 heavy (non-hydrogen) atoms. The lowest BCUT2D eigenvalue weighted by Gasteiger charge is -2.27. The normalized spacial score (nSPS) is 23.2. The summed E-state index contributed by atoms with van der Waals surface area (Å²) in [4.78, 5) is 25.9. The van der Waals surface area contributed by atoms with Gasteiger partial charge >= 0.3 is 12.0 Å². The summed E-state index contributed by atoms with van der Waals surface area (Å²) in [6.07, 6.45) is 2.40. The van der Waals surface area contributed by atoms with Gasteiger partial charge in [-0.15, -0.1) is 0 Å². The van der Waals surface area contributed by atoms with Gasteiger partial charge in [-0.1, -0.05) is 19.8 Å². The van der Waals surface area contributed by atoms with Gasteiger partial charge in [0, 0.05) is 26.6 Å². The van der Waals surface area contributed by atoms with E-state index in [-0.39, 0.29) is 19.0 Å². The molecule has 1 fully saturated rings. The highest BCUT2D eigenvalue weighted by Crippen LogP contribution is 2.19. The Morgan fingerprint density at radius 1 is 1.39 bits per heavy atom. The number of carbonyl (C=O) groups excluding carboxylic acids is 1. The van der Waals surface area contributed by atoms with Gasteiger partial charge in [0.1, 0.15) is 6.04 Å². The van der Waals surface area contributed by atoms with Crippen LogP contribution in [0.4, 0.5) is 4.79 Å². The monoisotopic (exact) mass is 258 g/mol. The molecule has 6 heteroatoms. The number of carboxylic acids is 1. The van der Waals surface area contributed by atoms with E-state index in [0.717, 1.165) is 19.3 Å². The summed E-state index contributed by atoms with van der Waals surface area (Å²) in [5.74, 6) is -1.05. The number of nitrogens with zero attached hydrogens (tertiary/aromatic N) is 2. The van der Waals surface area contributed by atoms with Crippen molar-refractivity contribution >= 4 is 12.0 Å². The van der Waals surface area contributed by atoms with Crippen LogP contribution < -0.4 is 0 Å². The number of aliphatic carboxylic acids is 1. The lowest BCUT2D eigenvalue weighted by molar-refractivity contribution is -0.141. The quantitative estimate of drug-likeness (QED) is 0.713. The summed E-state index contributed by atoms with van der Waals surface area (Å²) >= 11 is 0. The lowest BCUT2D eigenvalue weighted by Crippen LogP contribution is -2.47. The predicted octanol–water partition coefficient (Wildman–Crippen LogP) is 0.748. The number of rotatable bonds is 5. The summed E-state index contributed by atoms with van der Waals surface area (Å²) in [5.41, 5.74) is 0. The van der Waals surface area contributed by atoms with Crippen molar-refractivity contribution in [3.8, 4) is 0 Å². The van der Waals surface area contributed by atoms with Crippen molar-refractivity contribution in [2.75, 3.05) is 20.1 Å². The van der Waals surface area contributed by atoms with E-state index in [1.807, 2.05) is 0 Å². The molecule has 0 aromatic heterocycles. The number of likely N-dealkylation sites (tertiary alicyclic amines) is 1. The molecule has 2 amide bonds. The molecule has 1 saturated heterocycles. The van der Waals surface area contributed by atoms with E-state index in [4.69, 9.17) is 5.11 Å². The average Bonchev–Trinajstić information content (AvgIpc) is 2.70. The first kappa shape index (κ1) is 14.8. The van der Waals surface area contributed by atoms with Crippen LogP contribution in [0.1, 0.15) is 32.6 Å². The molecule has 1 aliphatic heterocycles. The Morgan fingerprint density at radius 3 is 2.61 bits per heavy atom. The number of carboxylic acid groups (broad SMARTS) is 1. The number of unbranched alkanes of at least 4 members (excludes halogenated alkanes) is 2. The highest BCUT2D eigenvalue weighted by molar-refractivity contribution is 5.83. The molecule has 104 valence electrons. The molecule has 0 bridgehead atoms. The second-order valence-corrected chi connectivity index (χ2v) is 4.81. The van der Waals surface area contributed by atoms with Crippen molar-refractivity contribution in [1.82, 2.24) is 9.80 Å². The second-order valence-electron chi connectivity index (χ2n) is 4.81. The van der Waals surface area contributed by atoms with Crippen LogP contribution in [0.25, 0.3) is 0 Å². The summed E-state index contributed by atoms with van der Waals surface area (Å²) < 4.78 is 0. The first-order valence-corrected chi connectivity index (χ1v) is 6.40. The third kappa shape index (κ3) is 3.60. The van der Waals surface area contributed by atoms with Crippen LogP contribution in [-0.2, 0) is 4.79 Å². The van der Waals surface area contributed by atoms with Crippen LogP contribution in [0.5, 0.6) is 0 Å². The highest BCUT2D eigenvalue weighted by Gasteiger charge is 2.39. The maximum Gasteiger partial charge on any atom is 0.326 e. The van der Waals surface area contributed by atoms with E-state index in [0.29, 0.717) is 6.54 Å². The molecular formula is C12H22N2O4. The van der Waals surface area contributed by atoms with E-state index >= 15 is 0 Å². The lowest BCUT2D eigenvalue weighted by atomic mass is 10.2. The van der Waals surface area contributed by atoms with Crippen LogP contribution >= 0.6 is 0 Å². The molecule has 0 saturated carbocycles. The minimum Gasteiger partial charge on any atom is -0.480 e. The fourth-order valence-corrected chi connectivity index (χ4v) is 2.17. The molecule has 2 N–H and O–H groups in total. The van der Waals surface area contributed by atoms with Crippen molar-refractivity contribution < 1.29 is 19.8 Å². The highest BCUT2D eigenvalue weighted by atomic mass is 16.4. The fourth-order valence-electron chi connectivity index (χ4n) is 2.17.